The van der Waals surface area contributed by atoms with Crippen LogP contribution in [-0.2, 0) is 16.1 Å². The largest absolute Gasteiger partial charge is 0.493 e. The lowest BCUT2D eigenvalue weighted by atomic mass is 10.1. The van der Waals surface area contributed by atoms with Crippen LogP contribution in [0.4, 0.5) is 0 Å². The summed E-state index contributed by atoms with van der Waals surface area (Å²) in [4.78, 5) is 25.6. The third-order valence-electron chi connectivity index (χ3n) is 4.46. The fourth-order valence-electron chi connectivity index (χ4n) is 2.86. The van der Waals surface area contributed by atoms with E-state index in [1.807, 2.05) is 30.0 Å². The molecule has 2 rings (SSSR count). The fourth-order valence-corrected chi connectivity index (χ4v) is 2.86. The number of nitrogens with two attached hydrogens (primary N) is 1. The standard InChI is InChI=1S/C17H25N3O4/c1-11(20-7-6-13(10-20)16(18)21)17(22)19-9-12-4-5-14(23-2)15(8-12)24-3/h4-5,8,11,13H,6-7,9-10H2,1-3H3,(H2,18,21)(H,19,22)/t11-,13-/m1/s1. The minimum Gasteiger partial charge on any atom is -0.493 e. The highest BCUT2D eigenvalue weighted by Gasteiger charge is 2.32. The Labute approximate surface area is 142 Å². The predicted octanol–water partition coefficient (Wildman–Crippen LogP) is 0.516. The lowest BCUT2D eigenvalue weighted by molar-refractivity contribution is -0.126. The van der Waals surface area contributed by atoms with Crippen LogP contribution in [0.2, 0.25) is 0 Å². The van der Waals surface area contributed by atoms with Gasteiger partial charge in [-0.3, -0.25) is 14.5 Å². The number of amides is 2. The molecule has 7 heteroatoms. The molecule has 3 N–H and O–H groups in total. The first-order valence-corrected chi connectivity index (χ1v) is 7.98. The van der Waals surface area contributed by atoms with E-state index in [2.05, 4.69) is 5.32 Å². The Morgan fingerprint density at radius 2 is 2.04 bits per heavy atom. The molecule has 0 spiro atoms. The number of ether oxygens (including phenoxy) is 2. The summed E-state index contributed by atoms with van der Waals surface area (Å²) in [7, 11) is 3.15. The summed E-state index contributed by atoms with van der Waals surface area (Å²) in [6.07, 6.45) is 0.711. The van der Waals surface area contributed by atoms with E-state index >= 15 is 0 Å². The predicted molar refractivity (Wildman–Crippen MR) is 89.7 cm³/mol. The number of rotatable bonds is 7. The lowest BCUT2D eigenvalue weighted by Gasteiger charge is -2.23. The number of carbonyl (C=O) groups is 2. The molecular weight excluding hydrogens is 310 g/mol. The minimum atomic E-state index is -0.297. The van der Waals surface area contributed by atoms with Crippen LogP contribution in [0.25, 0.3) is 0 Å². The van der Waals surface area contributed by atoms with Gasteiger partial charge in [-0.1, -0.05) is 6.07 Å². The summed E-state index contributed by atoms with van der Waals surface area (Å²) in [5.74, 6) is 0.744. The number of nitrogens with one attached hydrogen (secondary N) is 1. The van der Waals surface area contributed by atoms with Gasteiger partial charge < -0.3 is 20.5 Å². The highest BCUT2D eigenvalue weighted by molar-refractivity contribution is 5.82. The van der Waals surface area contributed by atoms with E-state index in [0.29, 0.717) is 37.6 Å². The van der Waals surface area contributed by atoms with Crippen molar-refractivity contribution in [1.29, 1.82) is 0 Å². The van der Waals surface area contributed by atoms with Crippen LogP contribution in [0.3, 0.4) is 0 Å². The fraction of sp³-hybridized carbons (Fsp3) is 0.529. The van der Waals surface area contributed by atoms with E-state index in [1.54, 1.807) is 14.2 Å². The Bertz CT molecular complexity index is 605. The smallest absolute Gasteiger partial charge is 0.237 e. The average molecular weight is 335 g/mol. The molecule has 0 aliphatic carbocycles. The molecule has 132 valence electrons. The molecule has 1 aromatic carbocycles. The molecule has 0 radical (unpaired) electrons. The Hall–Kier alpha value is -2.28. The molecular formula is C17H25N3O4. The van der Waals surface area contributed by atoms with Crippen LogP contribution in [-0.4, -0.2) is 50.1 Å². The minimum absolute atomic E-state index is 0.0742. The van der Waals surface area contributed by atoms with Crippen LogP contribution in [0.1, 0.15) is 18.9 Å². The number of likely N-dealkylation sites (tertiary alicyclic amines) is 1. The monoisotopic (exact) mass is 335 g/mol. The van der Waals surface area contributed by atoms with Crippen LogP contribution in [0, 0.1) is 5.92 Å². The maximum Gasteiger partial charge on any atom is 0.237 e. The maximum atomic E-state index is 12.3. The van der Waals surface area contributed by atoms with Crippen molar-refractivity contribution in [3.63, 3.8) is 0 Å². The van der Waals surface area contributed by atoms with Crippen LogP contribution < -0.4 is 20.5 Å². The zero-order valence-electron chi connectivity index (χ0n) is 14.4. The highest BCUT2D eigenvalue weighted by Crippen LogP contribution is 2.27. The van der Waals surface area contributed by atoms with Gasteiger partial charge in [-0.15, -0.1) is 0 Å². The third kappa shape index (κ3) is 4.17. The normalized spacial score (nSPS) is 18.9. The molecule has 1 saturated heterocycles. The summed E-state index contributed by atoms with van der Waals surface area (Å²) >= 11 is 0. The average Bonchev–Trinajstić information content (AvgIpc) is 3.08. The Balaban J connectivity index is 1.90. The van der Waals surface area contributed by atoms with Gasteiger partial charge in [0.15, 0.2) is 11.5 Å². The molecule has 0 aromatic heterocycles. The van der Waals surface area contributed by atoms with E-state index < -0.39 is 0 Å². The molecule has 7 nitrogen and oxygen atoms in total. The molecule has 1 aromatic rings. The molecule has 2 amide bonds. The van der Waals surface area contributed by atoms with Crippen molar-refractivity contribution in [3.05, 3.63) is 23.8 Å². The second kappa shape index (κ2) is 8.01. The molecule has 1 heterocycles. The van der Waals surface area contributed by atoms with Gasteiger partial charge in [-0.05, 0) is 37.6 Å². The topological polar surface area (TPSA) is 93.9 Å². The molecule has 0 saturated carbocycles. The number of benzene rings is 1. The lowest BCUT2D eigenvalue weighted by Crippen LogP contribution is -2.44. The van der Waals surface area contributed by atoms with Crippen LogP contribution in [0.15, 0.2) is 18.2 Å². The van der Waals surface area contributed by atoms with Gasteiger partial charge in [-0.25, -0.2) is 0 Å². The number of methoxy groups -OCH3 is 2. The van der Waals surface area contributed by atoms with Crippen LogP contribution >= 0.6 is 0 Å². The first-order valence-electron chi connectivity index (χ1n) is 7.98. The maximum absolute atomic E-state index is 12.3. The first-order chi connectivity index (χ1) is 11.5. The number of hydrogen-bond donors (Lipinski definition) is 2. The molecule has 1 fully saturated rings. The van der Waals surface area contributed by atoms with Gasteiger partial charge in [0.1, 0.15) is 0 Å². The summed E-state index contributed by atoms with van der Waals surface area (Å²) in [6, 6.07) is 5.23. The zero-order valence-corrected chi connectivity index (χ0v) is 14.4. The van der Waals surface area contributed by atoms with Crippen molar-refractivity contribution in [3.8, 4) is 11.5 Å². The van der Waals surface area contributed by atoms with Gasteiger partial charge in [-0.2, -0.15) is 0 Å². The third-order valence-corrected chi connectivity index (χ3v) is 4.46. The highest BCUT2D eigenvalue weighted by atomic mass is 16.5. The summed E-state index contributed by atoms with van der Waals surface area (Å²) in [5.41, 5.74) is 6.25. The molecule has 1 aliphatic heterocycles. The molecule has 2 atom stereocenters. The van der Waals surface area contributed by atoms with Crippen molar-refractivity contribution >= 4 is 11.8 Å². The molecule has 24 heavy (non-hydrogen) atoms. The molecule has 0 unspecified atom stereocenters. The van der Waals surface area contributed by atoms with E-state index in [-0.39, 0.29) is 23.8 Å². The zero-order chi connectivity index (χ0) is 17.7. The van der Waals surface area contributed by atoms with E-state index in [1.165, 1.54) is 0 Å². The van der Waals surface area contributed by atoms with Crippen molar-refractivity contribution in [2.24, 2.45) is 11.7 Å². The summed E-state index contributed by atoms with van der Waals surface area (Å²) in [5, 5.41) is 2.92. The number of nitrogens with zero attached hydrogens (tertiary/aromatic N) is 1. The van der Waals surface area contributed by atoms with Crippen molar-refractivity contribution in [2.75, 3.05) is 27.3 Å². The van der Waals surface area contributed by atoms with E-state index in [9.17, 15) is 9.59 Å². The van der Waals surface area contributed by atoms with Gasteiger partial charge in [0.25, 0.3) is 0 Å². The van der Waals surface area contributed by atoms with Crippen molar-refractivity contribution in [1.82, 2.24) is 10.2 Å². The van der Waals surface area contributed by atoms with Gasteiger partial charge in [0.2, 0.25) is 11.8 Å². The van der Waals surface area contributed by atoms with E-state index in [0.717, 1.165) is 5.56 Å². The Morgan fingerprint density at radius 1 is 1.33 bits per heavy atom. The quantitative estimate of drug-likeness (QED) is 0.757. The van der Waals surface area contributed by atoms with E-state index in [4.69, 9.17) is 15.2 Å². The van der Waals surface area contributed by atoms with Crippen LogP contribution in [0.5, 0.6) is 11.5 Å². The molecule has 1 aliphatic rings. The SMILES string of the molecule is COc1ccc(CNC(=O)[C@@H](C)N2CC[C@@H](C(N)=O)C2)cc1OC. The van der Waals surface area contributed by atoms with Crippen molar-refractivity contribution in [2.45, 2.75) is 25.9 Å². The second-order valence-corrected chi connectivity index (χ2v) is 5.97. The Kier molecular flexibility index (Phi) is 6.03. The van der Waals surface area contributed by atoms with Gasteiger partial charge >= 0.3 is 0 Å². The van der Waals surface area contributed by atoms with Gasteiger partial charge in [0, 0.05) is 13.1 Å². The first kappa shape index (κ1) is 18.1. The van der Waals surface area contributed by atoms with Crippen molar-refractivity contribution < 1.29 is 19.1 Å². The Morgan fingerprint density at radius 3 is 2.62 bits per heavy atom. The second-order valence-electron chi connectivity index (χ2n) is 5.97. The number of carbonyl (C=O) groups excluding carboxylic acids is 2. The van der Waals surface area contributed by atoms with Gasteiger partial charge in [0.05, 0.1) is 26.2 Å². The number of hydrogen-bond acceptors (Lipinski definition) is 5. The summed E-state index contributed by atoms with van der Waals surface area (Å²) < 4.78 is 10.5. The number of primary amides is 1. The summed E-state index contributed by atoms with van der Waals surface area (Å²) in [6.45, 7) is 3.49. The molecule has 0 bridgehead atoms.